The minimum absolute atomic E-state index is 0.438. The van der Waals surface area contributed by atoms with E-state index in [2.05, 4.69) is 18.7 Å². The van der Waals surface area contributed by atoms with Crippen molar-refractivity contribution >= 4 is 11.8 Å². The third kappa shape index (κ3) is 3.62. The smallest absolute Gasteiger partial charge is 0.165 e. The van der Waals surface area contributed by atoms with Crippen molar-refractivity contribution in [3.8, 4) is 0 Å². The topological polar surface area (TPSA) is 0 Å². The van der Waals surface area contributed by atoms with E-state index >= 15 is 0 Å². The average Bonchev–Trinajstić information content (AvgIpc) is 2.04. The molecule has 1 unspecified atom stereocenters. The van der Waals surface area contributed by atoms with Crippen molar-refractivity contribution in [1.82, 2.24) is 0 Å². The van der Waals surface area contributed by atoms with Gasteiger partial charge in [0.25, 0.3) is 0 Å². The van der Waals surface area contributed by atoms with Crippen LogP contribution in [0.3, 0.4) is 0 Å². The molecular weight excluding hydrogens is 182 g/mol. The monoisotopic (exact) mass is 196 g/mol. The van der Waals surface area contributed by atoms with Crippen LogP contribution in [0.25, 0.3) is 0 Å². The summed E-state index contributed by atoms with van der Waals surface area (Å²) in [7, 11) is 1.98. The summed E-state index contributed by atoms with van der Waals surface area (Å²) in [4.78, 5) is 0. The van der Waals surface area contributed by atoms with E-state index in [1.54, 1.807) is 0 Å². The standard InChI is InChI=1S/C11H15ClN/c1-3-9-13(2,12)10-11-7-5-4-6-8-11/h3-8H,1,9-10H2,2H3/q+1. The van der Waals surface area contributed by atoms with E-state index in [1.165, 1.54) is 5.56 Å². The first-order valence-electron chi connectivity index (χ1n) is 4.33. The highest BCUT2D eigenvalue weighted by Gasteiger charge is 2.17. The molecule has 1 aromatic carbocycles. The highest BCUT2D eigenvalue weighted by atomic mass is 35.5. The maximum absolute atomic E-state index is 6.24. The lowest BCUT2D eigenvalue weighted by molar-refractivity contribution is -0.801. The Bertz CT molecular complexity index is 267. The number of benzene rings is 1. The Balaban J connectivity index is 2.63. The summed E-state index contributed by atoms with van der Waals surface area (Å²) in [6, 6.07) is 10.2. The van der Waals surface area contributed by atoms with Gasteiger partial charge in [-0.25, -0.2) is 4.00 Å². The minimum atomic E-state index is 0.438. The molecule has 1 nitrogen and oxygen atoms in total. The fourth-order valence-electron chi connectivity index (χ4n) is 1.30. The Hall–Kier alpha value is -0.790. The molecule has 0 radical (unpaired) electrons. The van der Waals surface area contributed by atoms with Crippen LogP contribution in [0.15, 0.2) is 43.0 Å². The first-order valence-corrected chi connectivity index (χ1v) is 4.67. The molecule has 0 aromatic heterocycles. The molecule has 0 aliphatic rings. The summed E-state index contributed by atoms with van der Waals surface area (Å²) in [5.41, 5.74) is 1.25. The van der Waals surface area contributed by atoms with Crippen molar-refractivity contribution in [3.63, 3.8) is 0 Å². The Morgan fingerprint density at radius 1 is 1.38 bits per heavy atom. The molecule has 0 saturated carbocycles. The lowest BCUT2D eigenvalue weighted by Gasteiger charge is -2.22. The van der Waals surface area contributed by atoms with Crippen molar-refractivity contribution in [3.05, 3.63) is 48.6 Å². The minimum Gasteiger partial charge on any atom is -0.217 e. The van der Waals surface area contributed by atoms with E-state index in [4.69, 9.17) is 11.8 Å². The van der Waals surface area contributed by atoms with E-state index in [0.29, 0.717) is 4.00 Å². The van der Waals surface area contributed by atoms with Crippen molar-refractivity contribution < 1.29 is 4.00 Å². The summed E-state index contributed by atoms with van der Waals surface area (Å²) >= 11 is 6.24. The lowest BCUT2D eigenvalue weighted by atomic mass is 10.2. The zero-order valence-corrected chi connectivity index (χ0v) is 8.67. The molecule has 0 spiro atoms. The Morgan fingerprint density at radius 3 is 2.54 bits per heavy atom. The highest BCUT2D eigenvalue weighted by molar-refractivity contribution is 6.06. The Morgan fingerprint density at radius 2 is 2.00 bits per heavy atom. The number of rotatable bonds is 4. The van der Waals surface area contributed by atoms with Gasteiger partial charge in [-0.05, 0) is 6.08 Å². The molecule has 1 atom stereocenters. The van der Waals surface area contributed by atoms with E-state index < -0.39 is 0 Å². The number of hydrogen-bond acceptors (Lipinski definition) is 0. The van der Waals surface area contributed by atoms with Gasteiger partial charge in [0.2, 0.25) is 0 Å². The second-order valence-electron chi connectivity index (χ2n) is 3.38. The van der Waals surface area contributed by atoms with E-state index in [-0.39, 0.29) is 0 Å². The Labute approximate surface area is 85.0 Å². The largest absolute Gasteiger partial charge is 0.217 e. The molecule has 0 saturated heterocycles. The summed E-state index contributed by atoms with van der Waals surface area (Å²) in [6.07, 6.45) is 1.84. The third-order valence-corrected chi connectivity index (χ3v) is 2.12. The van der Waals surface area contributed by atoms with E-state index in [9.17, 15) is 0 Å². The van der Waals surface area contributed by atoms with Gasteiger partial charge in [0.15, 0.2) is 11.8 Å². The van der Waals surface area contributed by atoms with E-state index in [0.717, 1.165) is 13.1 Å². The van der Waals surface area contributed by atoms with Crippen LogP contribution >= 0.6 is 11.8 Å². The summed E-state index contributed by atoms with van der Waals surface area (Å²) in [6.45, 7) is 5.29. The predicted octanol–water partition coefficient (Wildman–Crippen LogP) is 2.97. The van der Waals surface area contributed by atoms with E-state index in [1.807, 2.05) is 31.3 Å². The van der Waals surface area contributed by atoms with Crippen LogP contribution in [0.2, 0.25) is 0 Å². The van der Waals surface area contributed by atoms with Gasteiger partial charge in [0, 0.05) is 5.56 Å². The summed E-state index contributed by atoms with van der Waals surface area (Å²) < 4.78 is 0.438. The molecular formula is C11H15ClN+. The molecule has 0 amide bonds. The zero-order chi connectivity index (χ0) is 9.73. The molecule has 0 aliphatic heterocycles. The molecule has 0 bridgehead atoms. The van der Waals surface area contributed by atoms with Gasteiger partial charge in [-0.3, -0.25) is 0 Å². The molecule has 0 heterocycles. The molecule has 2 heteroatoms. The van der Waals surface area contributed by atoms with Crippen LogP contribution < -0.4 is 0 Å². The summed E-state index contributed by atoms with van der Waals surface area (Å²) in [5.74, 6) is 0. The second kappa shape index (κ2) is 4.45. The second-order valence-corrected chi connectivity index (χ2v) is 4.20. The van der Waals surface area contributed by atoms with Crippen LogP contribution in [0.5, 0.6) is 0 Å². The van der Waals surface area contributed by atoms with Crippen LogP contribution in [-0.2, 0) is 6.54 Å². The van der Waals surface area contributed by atoms with Crippen LogP contribution in [0.4, 0.5) is 0 Å². The number of quaternary nitrogens is 1. The maximum Gasteiger partial charge on any atom is 0.165 e. The number of nitrogens with zero attached hydrogens (tertiary/aromatic N) is 1. The van der Waals surface area contributed by atoms with Crippen molar-refractivity contribution in [1.29, 1.82) is 0 Å². The normalized spacial score (nSPS) is 14.9. The van der Waals surface area contributed by atoms with Crippen LogP contribution in [0.1, 0.15) is 5.56 Å². The first kappa shape index (κ1) is 10.3. The van der Waals surface area contributed by atoms with Gasteiger partial charge in [-0.2, -0.15) is 0 Å². The van der Waals surface area contributed by atoms with Gasteiger partial charge >= 0.3 is 0 Å². The first-order chi connectivity index (χ1) is 6.14. The van der Waals surface area contributed by atoms with Crippen molar-refractivity contribution in [2.24, 2.45) is 0 Å². The Kier molecular flexibility index (Phi) is 3.52. The lowest BCUT2D eigenvalue weighted by Crippen LogP contribution is -2.32. The van der Waals surface area contributed by atoms with Gasteiger partial charge in [-0.1, -0.05) is 36.9 Å². The average molecular weight is 197 g/mol. The fourth-order valence-corrected chi connectivity index (χ4v) is 1.53. The number of hydrogen-bond donors (Lipinski definition) is 0. The van der Waals surface area contributed by atoms with Gasteiger partial charge in [0.05, 0.1) is 7.05 Å². The molecule has 1 aromatic rings. The third-order valence-electron chi connectivity index (χ3n) is 1.86. The van der Waals surface area contributed by atoms with Gasteiger partial charge < -0.3 is 0 Å². The molecule has 0 fully saturated rings. The van der Waals surface area contributed by atoms with Crippen molar-refractivity contribution in [2.75, 3.05) is 13.6 Å². The quantitative estimate of drug-likeness (QED) is 0.513. The molecule has 1 rings (SSSR count). The van der Waals surface area contributed by atoms with Gasteiger partial charge in [0.1, 0.15) is 13.1 Å². The molecule has 0 aliphatic carbocycles. The molecule has 13 heavy (non-hydrogen) atoms. The predicted molar refractivity (Wildman–Crippen MR) is 57.2 cm³/mol. The molecule has 70 valence electrons. The highest BCUT2D eigenvalue weighted by Crippen LogP contribution is 2.14. The van der Waals surface area contributed by atoms with Gasteiger partial charge in [-0.15, -0.1) is 0 Å². The van der Waals surface area contributed by atoms with Crippen LogP contribution in [0, 0.1) is 0 Å². The van der Waals surface area contributed by atoms with Crippen LogP contribution in [-0.4, -0.2) is 17.6 Å². The number of likely N-dealkylation sites (N-methyl/N-ethyl adjacent to an activating group) is 1. The van der Waals surface area contributed by atoms with Crippen molar-refractivity contribution in [2.45, 2.75) is 6.54 Å². The maximum atomic E-state index is 6.24. The molecule has 0 N–H and O–H groups in total. The zero-order valence-electron chi connectivity index (χ0n) is 7.91. The number of halogens is 1. The summed E-state index contributed by atoms with van der Waals surface area (Å²) in [5, 5.41) is 0. The fraction of sp³-hybridized carbons (Fsp3) is 0.273. The SMILES string of the molecule is C=CC[N+](C)(Cl)Cc1ccccc1.